The topological polar surface area (TPSA) is 149 Å². The Morgan fingerprint density at radius 3 is 2.34 bits per heavy atom. The largest absolute Gasteiger partial charge is 0.490 e. The second-order valence-electron chi connectivity index (χ2n) is 11.0. The molecular weight excluding hydrogens is 604 g/mol. The number of carbonyl (C=O) groups is 1. The fourth-order valence-electron chi connectivity index (χ4n) is 5.18. The normalized spacial score (nSPS) is 22.0. The van der Waals surface area contributed by atoms with Gasteiger partial charge in [0.05, 0.1) is 55.2 Å². The number of fused-ring (bicyclic) bond motifs is 1. The van der Waals surface area contributed by atoms with Crippen molar-refractivity contribution in [2.75, 3.05) is 56.2 Å². The molecule has 18 heteroatoms. The zero-order valence-electron chi connectivity index (χ0n) is 23.0. The molecule has 0 unspecified atom stereocenters. The molecule has 2 saturated heterocycles. The van der Waals surface area contributed by atoms with Crippen LogP contribution in [0.25, 0.3) is 16.7 Å². The van der Waals surface area contributed by atoms with Crippen molar-refractivity contribution in [2.45, 2.75) is 42.9 Å². The summed E-state index contributed by atoms with van der Waals surface area (Å²) in [7, 11) is 0. The summed E-state index contributed by atoms with van der Waals surface area (Å²) >= 11 is 0. The second kappa shape index (κ2) is 12.0. The number of morpholine rings is 1. The highest BCUT2D eigenvalue weighted by molar-refractivity contribution is 5.89. The molecule has 1 saturated carbocycles. The van der Waals surface area contributed by atoms with Gasteiger partial charge in [-0.2, -0.15) is 41.4 Å². The van der Waals surface area contributed by atoms with Gasteiger partial charge in [0.15, 0.2) is 5.65 Å². The van der Waals surface area contributed by atoms with Crippen LogP contribution in [0.5, 0.6) is 0 Å². The molecule has 44 heavy (non-hydrogen) atoms. The van der Waals surface area contributed by atoms with Gasteiger partial charge in [-0.05, 0) is 31.0 Å². The number of nitrogens with zero attached hydrogens (tertiary/aromatic N) is 6. The van der Waals surface area contributed by atoms with Gasteiger partial charge in [0.1, 0.15) is 11.4 Å². The van der Waals surface area contributed by atoms with E-state index in [0.717, 1.165) is 25.2 Å². The van der Waals surface area contributed by atoms with Gasteiger partial charge in [-0.1, -0.05) is 6.07 Å². The van der Waals surface area contributed by atoms with Gasteiger partial charge < -0.3 is 30.3 Å². The molecule has 6 rings (SSSR count). The fraction of sp³-hybridized carbons (Fsp3) is 0.538. The number of ether oxygens (including phenoxy) is 1. The van der Waals surface area contributed by atoms with Crippen molar-refractivity contribution < 1.29 is 51.2 Å². The van der Waals surface area contributed by atoms with Crippen molar-refractivity contribution in [1.82, 2.24) is 24.6 Å². The van der Waals surface area contributed by atoms with Gasteiger partial charge in [-0.3, -0.25) is 4.90 Å². The highest BCUT2D eigenvalue weighted by Gasteiger charge is 2.44. The van der Waals surface area contributed by atoms with Gasteiger partial charge in [0.2, 0.25) is 5.95 Å². The van der Waals surface area contributed by atoms with Crippen molar-refractivity contribution in [3.05, 3.63) is 36.0 Å². The summed E-state index contributed by atoms with van der Waals surface area (Å²) < 4.78 is 78.5. The first-order valence-electron chi connectivity index (χ1n) is 13.6. The molecule has 4 N–H and O–H groups in total. The van der Waals surface area contributed by atoms with Crippen molar-refractivity contribution in [3.8, 4) is 5.69 Å². The van der Waals surface area contributed by atoms with E-state index in [1.54, 1.807) is 12.3 Å². The fourth-order valence-corrected chi connectivity index (χ4v) is 5.18. The molecular formula is C26H29F6N7O5. The maximum absolute atomic E-state index is 13.3. The van der Waals surface area contributed by atoms with E-state index in [0.29, 0.717) is 68.5 Å². The Labute approximate surface area is 245 Å². The molecule has 0 amide bonds. The van der Waals surface area contributed by atoms with Crippen LogP contribution in [0.4, 0.5) is 38.1 Å². The Balaban J connectivity index is 0.000000493. The Kier molecular flexibility index (Phi) is 8.63. The number of aromatic nitrogens is 4. The lowest BCUT2D eigenvalue weighted by Gasteiger charge is -2.49. The number of carboxylic acid groups (broad SMARTS) is 1. The summed E-state index contributed by atoms with van der Waals surface area (Å²) in [5.41, 5.74) is -1.10. The summed E-state index contributed by atoms with van der Waals surface area (Å²) in [6.45, 7) is 4.06. The van der Waals surface area contributed by atoms with Crippen molar-refractivity contribution >= 4 is 28.8 Å². The summed E-state index contributed by atoms with van der Waals surface area (Å²) in [6, 6.07) is 4.93. The molecule has 0 radical (unpaired) electrons. The number of aliphatic carboxylic acids is 1. The van der Waals surface area contributed by atoms with E-state index in [4.69, 9.17) is 14.6 Å². The maximum atomic E-state index is 13.3. The van der Waals surface area contributed by atoms with Crippen molar-refractivity contribution in [2.24, 2.45) is 0 Å². The number of benzene rings is 1. The Bertz CT molecular complexity index is 1480. The van der Waals surface area contributed by atoms with Gasteiger partial charge in [-0.25, -0.2) is 9.48 Å². The SMILES string of the molecule is O=C(O)C(F)(F)F.OC1(CN2CCOCC2)CN(c2nc(N[C@H]3C[C@@H](O)C3)nc3c2cnn3-c2cccc(C(F)(F)F)c2)C1. The van der Waals surface area contributed by atoms with Crippen LogP contribution in [0.2, 0.25) is 0 Å². The van der Waals surface area contributed by atoms with Crippen LogP contribution < -0.4 is 10.2 Å². The summed E-state index contributed by atoms with van der Waals surface area (Å²) in [4.78, 5) is 22.3. The third-order valence-electron chi connectivity index (χ3n) is 7.41. The van der Waals surface area contributed by atoms with Crippen LogP contribution in [0.1, 0.15) is 18.4 Å². The predicted molar refractivity (Wildman–Crippen MR) is 142 cm³/mol. The number of β-amino-alcohol motifs (C(OH)–C–C–N with tert-alkyl or cyclic N) is 1. The van der Waals surface area contributed by atoms with Gasteiger partial charge in [-0.15, -0.1) is 0 Å². The summed E-state index contributed by atoms with van der Waals surface area (Å²) in [5, 5.41) is 36.0. The predicted octanol–water partition coefficient (Wildman–Crippen LogP) is 2.29. The number of halogens is 6. The lowest BCUT2D eigenvalue weighted by atomic mass is 9.90. The number of hydrogen-bond donors (Lipinski definition) is 4. The number of aliphatic hydroxyl groups excluding tert-OH is 1. The monoisotopic (exact) mass is 633 g/mol. The molecule has 4 heterocycles. The highest BCUT2D eigenvalue weighted by atomic mass is 19.4. The molecule has 2 aromatic heterocycles. The number of aliphatic hydroxyl groups is 2. The average Bonchev–Trinajstić information content (AvgIpc) is 3.34. The smallest absolute Gasteiger partial charge is 0.475 e. The van der Waals surface area contributed by atoms with E-state index in [1.807, 2.05) is 4.90 Å². The number of anilines is 2. The summed E-state index contributed by atoms with van der Waals surface area (Å²) in [5.74, 6) is -1.90. The number of rotatable bonds is 6. The lowest BCUT2D eigenvalue weighted by molar-refractivity contribution is -0.192. The van der Waals surface area contributed by atoms with Gasteiger partial charge in [0, 0.05) is 25.7 Å². The van der Waals surface area contributed by atoms with Crippen molar-refractivity contribution in [1.29, 1.82) is 0 Å². The molecule has 0 atom stereocenters. The molecule has 1 aromatic carbocycles. The van der Waals surface area contributed by atoms with Crippen LogP contribution in [0.15, 0.2) is 30.5 Å². The van der Waals surface area contributed by atoms with Crippen LogP contribution in [0, 0.1) is 0 Å². The maximum Gasteiger partial charge on any atom is 0.490 e. The third-order valence-corrected chi connectivity index (χ3v) is 7.41. The zero-order valence-corrected chi connectivity index (χ0v) is 23.0. The molecule has 3 aliphatic rings. The average molecular weight is 634 g/mol. The minimum absolute atomic E-state index is 0.000118. The molecule has 2 aliphatic heterocycles. The van der Waals surface area contributed by atoms with E-state index >= 15 is 0 Å². The Morgan fingerprint density at radius 1 is 1.09 bits per heavy atom. The second-order valence-corrected chi connectivity index (χ2v) is 11.0. The van der Waals surface area contributed by atoms with Gasteiger partial charge >= 0.3 is 18.3 Å². The number of nitrogens with one attached hydrogen (secondary N) is 1. The van der Waals surface area contributed by atoms with Crippen LogP contribution in [-0.4, -0.2) is 116 Å². The van der Waals surface area contributed by atoms with Crippen LogP contribution in [-0.2, 0) is 15.7 Å². The third kappa shape index (κ3) is 7.14. The minimum Gasteiger partial charge on any atom is -0.475 e. The number of hydrogen-bond acceptors (Lipinski definition) is 10. The molecule has 240 valence electrons. The molecule has 12 nitrogen and oxygen atoms in total. The first-order valence-corrected chi connectivity index (χ1v) is 13.6. The van der Waals surface area contributed by atoms with Crippen LogP contribution in [0.3, 0.4) is 0 Å². The highest BCUT2D eigenvalue weighted by Crippen LogP contribution is 2.36. The Morgan fingerprint density at radius 2 is 1.75 bits per heavy atom. The van der Waals surface area contributed by atoms with Gasteiger partial charge in [0.25, 0.3) is 0 Å². The first-order chi connectivity index (χ1) is 20.6. The lowest BCUT2D eigenvalue weighted by Crippen LogP contribution is -2.67. The van der Waals surface area contributed by atoms with Crippen molar-refractivity contribution in [3.63, 3.8) is 0 Å². The molecule has 0 spiro atoms. The standard InChI is InChI=1S/C24H28F3N7O3.C2HF3O2/c25-24(26,27)15-2-1-3-17(8-15)34-21-19(11-28-34)20(30-22(31-21)29-16-9-18(35)10-16)33-13-23(36,14-33)12-32-4-6-37-7-5-32;3-2(4,5)1(6)7/h1-3,8,11,16,18,35-36H,4-7,9-10,12-14H2,(H,29,30,31);(H,6,7)/t16-,18+;. The minimum atomic E-state index is -5.08. The van der Waals surface area contributed by atoms with E-state index < -0.39 is 29.5 Å². The molecule has 1 aliphatic carbocycles. The van der Waals surface area contributed by atoms with E-state index in [9.17, 15) is 36.6 Å². The quantitative estimate of drug-likeness (QED) is 0.296. The number of carboxylic acids is 1. The van der Waals surface area contributed by atoms with E-state index in [-0.39, 0.29) is 17.8 Å². The molecule has 3 fully saturated rings. The van der Waals surface area contributed by atoms with Crippen LogP contribution >= 0.6 is 0 Å². The molecule has 3 aromatic rings. The molecule has 0 bridgehead atoms. The first kappa shape index (κ1) is 31.7. The van der Waals surface area contributed by atoms with E-state index in [2.05, 4.69) is 25.3 Å². The summed E-state index contributed by atoms with van der Waals surface area (Å²) in [6.07, 6.45) is -7.28. The Hall–Kier alpha value is -3.74. The zero-order chi connectivity index (χ0) is 31.9. The number of alkyl halides is 6. The van der Waals surface area contributed by atoms with E-state index in [1.165, 1.54) is 10.7 Å².